The Hall–Kier alpha value is -3.47. The van der Waals surface area contributed by atoms with E-state index in [1.807, 2.05) is 0 Å². The van der Waals surface area contributed by atoms with E-state index in [1.165, 1.54) is 38.1 Å². The summed E-state index contributed by atoms with van der Waals surface area (Å²) in [6.45, 7) is 5.63. The number of carbonyl (C=O) groups is 5. The third kappa shape index (κ3) is 7.56. The minimum Gasteiger partial charge on any atom is -0.463 e. The highest BCUT2D eigenvalue weighted by atomic mass is 16.7. The van der Waals surface area contributed by atoms with E-state index in [2.05, 4.69) is 0 Å². The van der Waals surface area contributed by atoms with Gasteiger partial charge in [-0.2, -0.15) is 0 Å². The molecule has 0 saturated carbocycles. The van der Waals surface area contributed by atoms with E-state index in [9.17, 15) is 24.0 Å². The van der Waals surface area contributed by atoms with Gasteiger partial charge in [0.25, 0.3) is 0 Å². The first-order valence-corrected chi connectivity index (χ1v) is 10.1. The topological polar surface area (TPSA) is 141 Å². The smallest absolute Gasteiger partial charge is 0.303 e. The van der Waals surface area contributed by atoms with Crippen molar-refractivity contribution >= 4 is 29.7 Å². The van der Waals surface area contributed by atoms with Gasteiger partial charge in [0.2, 0.25) is 12.4 Å². The first kappa shape index (κ1) is 25.8. The van der Waals surface area contributed by atoms with Crippen LogP contribution in [0.25, 0.3) is 0 Å². The van der Waals surface area contributed by atoms with Crippen molar-refractivity contribution in [2.24, 2.45) is 0 Å². The third-order valence-electron chi connectivity index (χ3n) is 4.46. The summed E-state index contributed by atoms with van der Waals surface area (Å²) < 4.78 is 32.6. The maximum atomic E-state index is 11.8. The second-order valence-electron chi connectivity index (χ2n) is 7.27. The van der Waals surface area contributed by atoms with Gasteiger partial charge in [-0.15, -0.1) is 0 Å². The molecule has 33 heavy (non-hydrogen) atoms. The lowest BCUT2D eigenvalue weighted by Crippen LogP contribution is -2.63. The van der Waals surface area contributed by atoms with Gasteiger partial charge in [-0.3, -0.25) is 24.0 Å². The predicted octanol–water partition coefficient (Wildman–Crippen LogP) is 1.35. The van der Waals surface area contributed by atoms with Crippen molar-refractivity contribution in [1.82, 2.24) is 0 Å². The maximum absolute atomic E-state index is 11.8. The summed E-state index contributed by atoms with van der Waals surface area (Å²) in [6.07, 6.45) is -6.39. The molecule has 11 nitrogen and oxygen atoms in total. The van der Waals surface area contributed by atoms with Gasteiger partial charge in [0.05, 0.1) is 0 Å². The van der Waals surface area contributed by atoms with Crippen LogP contribution in [0.2, 0.25) is 0 Å². The lowest BCUT2D eigenvalue weighted by molar-refractivity contribution is -0.288. The van der Waals surface area contributed by atoms with Gasteiger partial charge in [-0.1, -0.05) is 0 Å². The van der Waals surface area contributed by atoms with E-state index < -0.39 is 54.6 Å². The van der Waals surface area contributed by atoms with E-state index in [-0.39, 0.29) is 18.1 Å². The van der Waals surface area contributed by atoms with E-state index in [1.54, 1.807) is 0 Å². The fourth-order valence-corrected chi connectivity index (χ4v) is 3.19. The predicted molar refractivity (Wildman–Crippen MR) is 109 cm³/mol. The number of ketones is 1. The molecule has 0 aromatic heterocycles. The maximum Gasteiger partial charge on any atom is 0.303 e. The van der Waals surface area contributed by atoms with Gasteiger partial charge in [0.1, 0.15) is 18.5 Å². The van der Waals surface area contributed by atoms with Crippen LogP contribution in [0, 0.1) is 0 Å². The zero-order valence-corrected chi connectivity index (χ0v) is 18.9. The standard InChI is InChI=1S/C22H26O11/c1-11(23)16-6-8-17(9-7-16)32-22-21(31-15(5)27)20(30-14(4)26)19(29-13(3)25)18(33-22)10-28-12(2)24/h6-9,18-22H,10H2,1-5H3/t18-,19+,20+,21-,22-/m1/s1. The Morgan fingerprint density at radius 2 is 1.24 bits per heavy atom. The molecule has 0 aliphatic carbocycles. The second-order valence-corrected chi connectivity index (χ2v) is 7.27. The van der Waals surface area contributed by atoms with E-state index >= 15 is 0 Å². The van der Waals surface area contributed by atoms with Crippen molar-refractivity contribution < 1.29 is 52.4 Å². The zero-order valence-electron chi connectivity index (χ0n) is 18.9. The van der Waals surface area contributed by atoms with Crippen LogP contribution >= 0.6 is 0 Å². The van der Waals surface area contributed by atoms with Gasteiger partial charge >= 0.3 is 23.9 Å². The Labute approximate surface area is 190 Å². The van der Waals surface area contributed by atoms with Crippen molar-refractivity contribution in [1.29, 1.82) is 0 Å². The average Bonchev–Trinajstić information content (AvgIpc) is 2.70. The van der Waals surface area contributed by atoms with Crippen LogP contribution in [0.5, 0.6) is 5.75 Å². The first-order valence-electron chi connectivity index (χ1n) is 10.1. The molecule has 0 spiro atoms. The average molecular weight is 466 g/mol. The van der Waals surface area contributed by atoms with Gasteiger partial charge in [0.15, 0.2) is 18.0 Å². The number of Topliss-reactive ketones (excluding diaryl/α,β-unsaturated/α-hetero) is 1. The summed E-state index contributed by atoms with van der Waals surface area (Å²) >= 11 is 0. The van der Waals surface area contributed by atoms with Crippen LogP contribution in [-0.2, 0) is 42.9 Å². The second kappa shape index (κ2) is 11.4. The summed E-state index contributed by atoms with van der Waals surface area (Å²) in [6, 6.07) is 6.07. The van der Waals surface area contributed by atoms with Crippen molar-refractivity contribution in [3.8, 4) is 5.75 Å². The Kier molecular flexibility index (Phi) is 8.92. The van der Waals surface area contributed by atoms with Gasteiger partial charge < -0.3 is 28.4 Å². The molecule has 1 aliphatic heterocycles. The van der Waals surface area contributed by atoms with Crippen LogP contribution in [-0.4, -0.2) is 67.0 Å². The molecule has 0 bridgehead atoms. The monoisotopic (exact) mass is 466 g/mol. The number of esters is 4. The molecule has 0 amide bonds. The molecule has 180 valence electrons. The highest BCUT2D eigenvalue weighted by Crippen LogP contribution is 2.31. The first-order chi connectivity index (χ1) is 15.5. The van der Waals surface area contributed by atoms with Gasteiger partial charge in [-0.25, -0.2) is 0 Å². The van der Waals surface area contributed by atoms with Crippen molar-refractivity contribution in [2.45, 2.75) is 65.3 Å². The van der Waals surface area contributed by atoms with Crippen molar-refractivity contribution in [3.63, 3.8) is 0 Å². The number of rotatable bonds is 8. The SMILES string of the molecule is CC(=O)OC[C@H]1O[C@@H](Oc2ccc(C(C)=O)cc2)[C@H](OC(C)=O)[C@@H](OC(C)=O)[C@H]1OC(C)=O. The molecule has 0 radical (unpaired) electrons. The molecule has 5 atom stereocenters. The summed E-state index contributed by atoms with van der Waals surface area (Å²) in [4.78, 5) is 58.2. The molecule has 1 saturated heterocycles. The Balaban J connectivity index is 2.43. The Morgan fingerprint density at radius 3 is 1.73 bits per heavy atom. The molecular weight excluding hydrogens is 440 g/mol. The number of ether oxygens (including phenoxy) is 6. The van der Waals surface area contributed by atoms with Crippen LogP contribution in [0.1, 0.15) is 45.0 Å². The quantitative estimate of drug-likeness (QED) is 0.311. The summed E-state index contributed by atoms with van der Waals surface area (Å²) in [5.41, 5.74) is 0.448. The minimum absolute atomic E-state index is 0.145. The molecule has 1 fully saturated rings. The van der Waals surface area contributed by atoms with Crippen LogP contribution < -0.4 is 4.74 Å². The number of benzene rings is 1. The molecule has 1 heterocycles. The van der Waals surface area contributed by atoms with Crippen molar-refractivity contribution in [3.05, 3.63) is 29.8 Å². The summed E-state index contributed by atoms with van der Waals surface area (Å²) in [7, 11) is 0. The molecule has 1 aromatic carbocycles. The molecule has 1 aliphatic rings. The van der Waals surface area contributed by atoms with Crippen LogP contribution in [0.15, 0.2) is 24.3 Å². The molecule has 0 unspecified atom stereocenters. The van der Waals surface area contributed by atoms with Crippen LogP contribution in [0.4, 0.5) is 0 Å². The Morgan fingerprint density at radius 1 is 0.727 bits per heavy atom. The molecule has 0 N–H and O–H groups in total. The highest BCUT2D eigenvalue weighted by Gasteiger charge is 2.53. The number of hydrogen-bond acceptors (Lipinski definition) is 11. The minimum atomic E-state index is -1.34. The number of hydrogen-bond donors (Lipinski definition) is 0. The molecular formula is C22H26O11. The normalized spacial score (nSPS) is 24.2. The van der Waals surface area contributed by atoms with E-state index in [0.717, 1.165) is 20.8 Å². The fraction of sp³-hybridized carbons (Fsp3) is 0.500. The van der Waals surface area contributed by atoms with Crippen molar-refractivity contribution in [2.75, 3.05) is 6.61 Å². The third-order valence-corrected chi connectivity index (χ3v) is 4.46. The van der Waals surface area contributed by atoms with Gasteiger partial charge in [-0.05, 0) is 31.2 Å². The fourth-order valence-electron chi connectivity index (χ4n) is 3.19. The van der Waals surface area contributed by atoms with E-state index in [0.29, 0.717) is 5.56 Å². The lowest BCUT2D eigenvalue weighted by atomic mass is 9.98. The molecule has 2 rings (SSSR count). The Bertz CT molecular complexity index is 892. The summed E-state index contributed by atoms with van der Waals surface area (Å²) in [5.74, 6) is -2.72. The molecule has 11 heteroatoms. The van der Waals surface area contributed by atoms with Crippen LogP contribution in [0.3, 0.4) is 0 Å². The largest absolute Gasteiger partial charge is 0.463 e. The lowest BCUT2D eigenvalue weighted by Gasteiger charge is -2.43. The molecule has 1 aromatic rings. The summed E-state index contributed by atoms with van der Waals surface area (Å²) in [5, 5.41) is 0. The van der Waals surface area contributed by atoms with Gasteiger partial charge in [0, 0.05) is 33.3 Å². The van der Waals surface area contributed by atoms with E-state index in [4.69, 9.17) is 28.4 Å². The number of carbonyl (C=O) groups excluding carboxylic acids is 5. The highest BCUT2D eigenvalue weighted by molar-refractivity contribution is 5.94. The zero-order chi connectivity index (χ0) is 24.7.